The number of benzene rings is 1. The first kappa shape index (κ1) is 14.9. The van der Waals surface area contributed by atoms with E-state index >= 15 is 0 Å². The molecule has 4 nitrogen and oxygen atoms in total. The number of halogens is 1. The number of aliphatic hydroxyl groups is 1. The molecule has 6 heteroatoms. The number of piperazine rings is 1. The first-order valence-electron chi connectivity index (χ1n) is 6.44. The zero-order valence-corrected chi connectivity index (χ0v) is 12.4. The average molecular weight is 302 g/mol. The van der Waals surface area contributed by atoms with Crippen LogP contribution in [0.2, 0.25) is 5.02 Å². The van der Waals surface area contributed by atoms with Gasteiger partial charge in [-0.05, 0) is 18.2 Å². The van der Waals surface area contributed by atoms with Crippen molar-refractivity contribution in [3.63, 3.8) is 0 Å². The van der Waals surface area contributed by atoms with Crippen LogP contribution in [0.25, 0.3) is 0 Å². The number of nitrogens with zero attached hydrogens (tertiary/aromatic N) is 1. The van der Waals surface area contributed by atoms with Gasteiger partial charge in [0, 0.05) is 43.4 Å². The van der Waals surface area contributed by atoms with Crippen LogP contribution < -0.4 is 11.1 Å². The van der Waals surface area contributed by atoms with Gasteiger partial charge in [0.15, 0.2) is 0 Å². The molecule has 1 aromatic rings. The molecule has 106 valence electrons. The number of thioether (sulfide) groups is 1. The minimum absolute atomic E-state index is 0.320. The molecule has 1 aromatic carbocycles. The van der Waals surface area contributed by atoms with Crippen molar-refractivity contribution < 1.29 is 5.11 Å². The molecular formula is C13H20ClN3OS. The Morgan fingerprint density at radius 2 is 2.16 bits per heavy atom. The van der Waals surface area contributed by atoms with Gasteiger partial charge in [-0.3, -0.25) is 4.90 Å². The van der Waals surface area contributed by atoms with Gasteiger partial charge in [-0.15, -0.1) is 11.8 Å². The summed E-state index contributed by atoms with van der Waals surface area (Å²) in [5.41, 5.74) is 6.26. The second-order valence-corrected chi connectivity index (χ2v) is 6.20. The third-order valence-electron chi connectivity index (χ3n) is 3.09. The number of hydrogen-bond acceptors (Lipinski definition) is 5. The highest BCUT2D eigenvalue weighted by Gasteiger charge is 2.14. The van der Waals surface area contributed by atoms with Crippen molar-refractivity contribution in [1.82, 2.24) is 10.2 Å². The van der Waals surface area contributed by atoms with E-state index in [0.717, 1.165) is 37.6 Å². The summed E-state index contributed by atoms with van der Waals surface area (Å²) in [7, 11) is 0. The van der Waals surface area contributed by atoms with Crippen LogP contribution in [0, 0.1) is 0 Å². The Hall–Kier alpha value is -0.460. The molecular weight excluding hydrogens is 282 g/mol. The lowest BCUT2D eigenvalue weighted by Crippen LogP contribution is -2.46. The smallest absolute Gasteiger partial charge is 0.0760 e. The Bertz CT molecular complexity index is 413. The summed E-state index contributed by atoms with van der Waals surface area (Å²) in [5.74, 6) is 0.671. The van der Waals surface area contributed by atoms with Gasteiger partial charge in [-0.25, -0.2) is 0 Å². The van der Waals surface area contributed by atoms with Crippen LogP contribution in [0.1, 0.15) is 0 Å². The number of nitrogens with two attached hydrogens (primary N) is 1. The molecule has 1 aliphatic heterocycles. The third kappa shape index (κ3) is 4.85. The van der Waals surface area contributed by atoms with Crippen molar-refractivity contribution in [2.24, 2.45) is 0 Å². The summed E-state index contributed by atoms with van der Waals surface area (Å²) in [5, 5.41) is 13.9. The standard InChI is InChI=1S/C13H20ClN3OS/c14-12-7-11(1-2-13(12)15)19-9-10(18)8-17-5-3-16-4-6-17/h1-2,7,10,16,18H,3-6,8-9,15H2. The van der Waals surface area contributed by atoms with Crippen LogP contribution in [0.4, 0.5) is 5.69 Å². The maximum Gasteiger partial charge on any atom is 0.0760 e. The molecule has 1 fully saturated rings. The van der Waals surface area contributed by atoms with Crippen molar-refractivity contribution in [3.8, 4) is 0 Å². The number of rotatable bonds is 5. The van der Waals surface area contributed by atoms with Crippen LogP contribution in [0.5, 0.6) is 0 Å². The van der Waals surface area contributed by atoms with E-state index in [0.29, 0.717) is 16.5 Å². The summed E-state index contributed by atoms with van der Waals surface area (Å²) < 4.78 is 0. The van der Waals surface area contributed by atoms with Gasteiger partial charge in [0.2, 0.25) is 0 Å². The van der Waals surface area contributed by atoms with E-state index in [2.05, 4.69) is 10.2 Å². The highest BCUT2D eigenvalue weighted by molar-refractivity contribution is 7.99. The molecule has 2 rings (SSSR count). The van der Waals surface area contributed by atoms with E-state index in [1.165, 1.54) is 0 Å². The van der Waals surface area contributed by atoms with Crippen molar-refractivity contribution in [3.05, 3.63) is 23.2 Å². The van der Waals surface area contributed by atoms with Gasteiger partial charge in [0.05, 0.1) is 16.8 Å². The van der Waals surface area contributed by atoms with Crippen LogP contribution in [-0.4, -0.2) is 54.6 Å². The van der Waals surface area contributed by atoms with Crippen molar-refractivity contribution in [1.29, 1.82) is 0 Å². The number of nitrogen functional groups attached to an aromatic ring is 1. The third-order valence-corrected chi connectivity index (χ3v) is 4.56. The SMILES string of the molecule is Nc1ccc(SCC(O)CN2CCNCC2)cc1Cl. The van der Waals surface area contributed by atoms with Gasteiger partial charge >= 0.3 is 0 Å². The lowest BCUT2D eigenvalue weighted by Gasteiger charge is -2.28. The Morgan fingerprint density at radius 1 is 1.42 bits per heavy atom. The molecule has 19 heavy (non-hydrogen) atoms. The topological polar surface area (TPSA) is 61.5 Å². The molecule has 4 N–H and O–H groups in total. The fourth-order valence-electron chi connectivity index (χ4n) is 2.03. The fraction of sp³-hybridized carbons (Fsp3) is 0.538. The van der Waals surface area contributed by atoms with E-state index in [9.17, 15) is 5.11 Å². The monoisotopic (exact) mass is 301 g/mol. The molecule has 0 aromatic heterocycles. The maximum atomic E-state index is 10.0. The van der Waals surface area contributed by atoms with Crippen molar-refractivity contribution in [2.45, 2.75) is 11.0 Å². The highest BCUT2D eigenvalue weighted by atomic mass is 35.5. The number of anilines is 1. The van der Waals surface area contributed by atoms with Crippen LogP contribution in [0.15, 0.2) is 23.1 Å². The van der Waals surface area contributed by atoms with E-state index < -0.39 is 0 Å². The van der Waals surface area contributed by atoms with Crippen LogP contribution in [-0.2, 0) is 0 Å². The summed E-state index contributed by atoms with van der Waals surface area (Å²) in [6.07, 6.45) is -0.320. The van der Waals surface area contributed by atoms with Gasteiger partial charge in [-0.1, -0.05) is 11.6 Å². The Labute approximate surface area is 123 Å². The second-order valence-electron chi connectivity index (χ2n) is 4.70. The minimum atomic E-state index is -0.320. The van der Waals surface area contributed by atoms with Gasteiger partial charge < -0.3 is 16.2 Å². The first-order valence-corrected chi connectivity index (χ1v) is 7.80. The van der Waals surface area contributed by atoms with Crippen molar-refractivity contribution >= 4 is 29.1 Å². The number of β-amino-alcohol motifs (C(OH)–C–C–N with tert-alkyl or cyclic N) is 1. The molecule has 0 radical (unpaired) electrons. The number of aliphatic hydroxyl groups excluding tert-OH is 1. The number of hydrogen-bond donors (Lipinski definition) is 3. The zero-order chi connectivity index (χ0) is 13.7. The Kier molecular flexibility index (Phi) is 5.78. The van der Waals surface area contributed by atoms with E-state index in [-0.39, 0.29) is 6.10 Å². The lowest BCUT2D eigenvalue weighted by atomic mass is 10.3. The normalized spacial score (nSPS) is 18.4. The van der Waals surface area contributed by atoms with E-state index in [1.54, 1.807) is 17.8 Å². The Balaban J connectivity index is 1.75. The Morgan fingerprint density at radius 3 is 2.84 bits per heavy atom. The van der Waals surface area contributed by atoms with Crippen LogP contribution in [0.3, 0.4) is 0 Å². The maximum absolute atomic E-state index is 10.0. The molecule has 1 saturated heterocycles. The highest BCUT2D eigenvalue weighted by Crippen LogP contribution is 2.26. The van der Waals surface area contributed by atoms with Gasteiger partial charge in [0.1, 0.15) is 0 Å². The summed E-state index contributed by atoms with van der Waals surface area (Å²) >= 11 is 7.58. The lowest BCUT2D eigenvalue weighted by molar-refractivity contribution is 0.121. The largest absolute Gasteiger partial charge is 0.398 e. The predicted molar refractivity (Wildman–Crippen MR) is 81.9 cm³/mol. The average Bonchev–Trinajstić information content (AvgIpc) is 2.41. The number of nitrogens with one attached hydrogen (secondary N) is 1. The molecule has 1 aliphatic rings. The quantitative estimate of drug-likeness (QED) is 0.565. The van der Waals surface area contributed by atoms with Gasteiger partial charge in [0.25, 0.3) is 0 Å². The molecule has 1 unspecified atom stereocenters. The molecule has 0 aliphatic carbocycles. The molecule has 0 amide bonds. The van der Waals surface area contributed by atoms with E-state index in [1.807, 2.05) is 12.1 Å². The fourth-order valence-corrected chi connectivity index (χ4v) is 3.14. The van der Waals surface area contributed by atoms with E-state index in [4.69, 9.17) is 17.3 Å². The molecule has 1 heterocycles. The summed E-state index contributed by atoms with van der Waals surface area (Å²) in [6, 6.07) is 5.58. The summed E-state index contributed by atoms with van der Waals surface area (Å²) in [6.45, 7) is 4.77. The summed E-state index contributed by atoms with van der Waals surface area (Å²) in [4.78, 5) is 3.33. The molecule has 0 spiro atoms. The molecule has 1 atom stereocenters. The van der Waals surface area contributed by atoms with Crippen LogP contribution >= 0.6 is 23.4 Å². The first-order chi connectivity index (χ1) is 9.15. The van der Waals surface area contributed by atoms with Gasteiger partial charge in [-0.2, -0.15) is 0 Å². The van der Waals surface area contributed by atoms with Crippen molar-refractivity contribution in [2.75, 3.05) is 44.2 Å². The zero-order valence-electron chi connectivity index (χ0n) is 10.8. The molecule has 0 bridgehead atoms. The molecule has 0 saturated carbocycles. The second kappa shape index (κ2) is 7.36. The minimum Gasteiger partial charge on any atom is -0.398 e. The predicted octanol–water partition coefficient (Wildman–Crippen LogP) is 1.28.